The molecule has 0 fully saturated rings. The van der Waals surface area contributed by atoms with Crippen LogP contribution in [-0.2, 0) is 11.3 Å². The number of hydrogen-bond acceptors (Lipinski definition) is 6. The van der Waals surface area contributed by atoms with Crippen LogP contribution in [0, 0.1) is 17.1 Å². The van der Waals surface area contributed by atoms with Gasteiger partial charge in [-0.15, -0.1) is 0 Å². The lowest BCUT2D eigenvalue weighted by Gasteiger charge is -2.06. The highest BCUT2D eigenvalue weighted by molar-refractivity contribution is 5.43. The fourth-order valence-corrected chi connectivity index (χ4v) is 1.69. The summed E-state index contributed by atoms with van der Waals surface area (Å²) in [7, 11) is 0. The van der Waals surface area contributed by atoms with Crippen molar-refractivity contribution in [1.29, 1.82) is 5.26 Å². The molecule has 0 aliphatic carbocycles. The van der Waals surface area contributed by atoms with Crippen LogP contribution in [0.25, 0.3) is 0 Å². The molecule has 0 saturated carbocycles. The van der Waals surface area contributed by atoms with Crippen molar-refractivity contribution in [3.63, 3.8) is 0 Å². The average Bonchev–Trinajstić information content (AvgIpc) is 2.94. The summed E-state index contributed by atoms with van der Waals surface area (Å²) in [5.41, 5.74) is -0.153. The molecule has 2 rings (SSSR count). The molecule has 0 N–H and O–H groups in total. The number of nitrogens with zero attached hydrogens (tertiary/aromatic N) is 3. The summed E-state index contributed by atoms with van der Waals surface area (Å²) in [6, 6.07) is 5.91. The van der Waals surface area contributed by atoms with Crippen molar-refractivity contribution in [2.24, 2.45) is 0 Å². The smallest absolute Gasteiger partial charge is 0.264 e. The molecule has 1 aromatic heterocycles. The van der Waals surface area contributed by atoms with Crippen LogP contribution in [0.3, 0.4) is 0 Å². The Morgan fingerprint density at radius 2 is 2.29 bits per heavy atom. The van der Waals surface area contributed by atoms with Crippen molar-refractivity contribution in [3.05, 3.63) is 41.3 Å². The third-order valence-corrected chi connectivity index (χ3v) is 2.70. The van der Waals surface area contributed by atoms with Crippen LogP contribution in [0.15, 0.2) is 22.7 Å². The maximum Gasteiger partial charge on any atom is 0.264 e. The maximum absolute atomic E-state index is 13.4. The fourth-order valence-electron chi connectivity index (χ4n) is 1.69. The number of benzene rings is 1. The number of nitriles is 1. The quantitative estimate of drug-likeness (QED) is 0.814. The van der Waals surface area contributed by atoms with Crippen molar-refractivity contribution >= 4 is 0 Å². The first-order valence-corrected chi connectivity index (χ1v) is 6.41. The van der Waals surface area contributed by atoms with Crippen LogP contribution < -0.4 is 4.74 Å². The highest BCUT2D eigenvalue weighted by Crippen LogP contribution is 2.21. The highest BCUT2D eigenvalue weighted by atomic mass is 19.1. The molecule has 1 aromatic carbocycles. The lowest BCUT2D eigenvalue weighted by molar-refractivity contribution is 0.0683. The van der Waals surface area contributed by atoms with Crippen LogP contribution in [0.2, 0.25) is 0 Å². The van der Waals surface area contributed by atoms with E-state index in [1.807, 2.05) is 6.92 Å². The van der Waals surface area contributed by atoms with E-state index in [9.17, 15) is 4.39 Å². The van der Waals surface area contributed by atoms with Crippen LogP contribution in [0.5, 0.6) is 5.75 Å². The van der Waals surface area contributed by atoms with Crippen molar-refractivity contribution in [2.75, 3.05) is 6.61 Å². The van der Waals surface area contributed by atoms with E-state index < -0.39 is 5.82 Å². The molecule has 0 aliphatic rings. The van der Waals surface area contributed by atoms with Crippen LogP contribution in [0.1, 0.15) is 37.2 Å². The molecule has 0 amide bonds. The molecular formula is C14H14FN3O3. The molecule has 1 atom stereocenters. The molecule has 0 saturated heterocycles. The Morgan fingerprint density at radius 3 is 3.00 bits per heavy atom. The Balaban J connectivity index is 2.04. The lowest BCUT2D eigenvalue weighted by Crippen LogP contribution is -2.03. The van der Waals surface area contributed by atoms with E-state index in [-0.39, 0.29) is 29.9 Å². The minimum Gasteiger partial charge on any atom is -0.482 e. The molecular weight excluding hydrogens is 277 g/mol. The minimum atomic E-state index is -0.633. The second-order valence-corrected chi connectivity index (χ2v) is 4.16. The average molecular weight is 291 g/mol. The van der Waals surface area contributed by atoms with Crippen molar-refractivity contribution in [3.8, 4) is 11.8 Å². The van der Waals surface area contributed by atoms with Crippen molar-refractivity contribution in [1.82, 2.24) is 10.1 Å². The zero-order valence-corrected chi connectivity index (χ0v) is 11.7. The Hall–Kier alpha value is -2.46. The zero-order valence-electron chi connectivity index (χ0n) is 11.7. The summed E-state index contributed by atoms with van der Waals surface area (Å²) < 4.78 is 29.1. The van der Waals surface area contributed by atoms with Crippen LogP contribution in [0.4, 0.5) is 4.39 Å². The van der Waals surface area contributed by atoms with Gasteiger partial charge in [-0.25, -0.2) is 4.39 Å². The number of hydrogen-bond donors (Lipinski definition) is 0. The summed E-state index contributed by atoms with van der Waals surface area (Å²) in [5.74, 6) is 0.140. The molecule has 0 radical (unpaired) electrons. The normalized spacial score (nSPS) is 11.9. The van der Waals surface area contributed by atoms with Gasteiger partial charge >= 0.3 is 0 Å². The van der Waals surface area contributed by atoms with E-state index in [0.717, 1.165) is 0 Å². The second kappa shape index (κ2) is 6.81. The van der Waals surface area contributed by atoms with Crippen LogP contribution >= 0.6 is 0 Å². The van der Waals surface area contributed by atoms with Gasteiger partial charge in [0.2, 0.25) is 0 Å². The summed E-state index contributed by atoms with van der Waals surface area (Å²) in [5, 5.41) is 12.7. The third-order valence-electron chi connectivity index (χ3n) is 2.70. The van der Waals surface area contributed by atoms with E-state index in [0.29, 0.717) is 12.4 Å². The number of rotatable bonds is 6. The lowest BCUT2D eigenvalue weighted by atomic mass is 10.2. The SMILES string of the molecule is CCO[C@H](C)c1noc(COc2cccc(F)c2C#N)n1. The Labute approximate surface area is 121 Å². The monoisotopic (exact) mass is 291 g/mol. The zero-order chi connectivity index (χ0) is 15.2. The molecule has 0 unspecified atom stereocenters. The molecule has 0 bridgehead atoms. The van der Waals surface area contributed by atoms with Gasteiger partial charge in [0.15, 0.2) is 12.4 Å². The number of aromatic nitrogens is 2. The summed E-state index contributed by atoms with van der Waals surface area (Å²) in [6.07, 6.45) is -0.281. The molecule has 2 aromatic rings. The van der Waals surface area contributed by atoms with E-state index in [1.165, 1.54) is 18.2 Å². The van der Waals surface area contributed by atoms with Gasteiger partial charge in [-0.1, -0.05) is 11.2 Å². The third kappa shape index (κ3) is 3.55. The molecule has 0 spiro atoms. The van der Waals surface area contributed by atoms with Gasteiger partial charge in [0.1, 0.15) is 29.3 Å². The summed E-state index contributed by atoms with van der Waals surface area (Å²) in [4.78, 5) is 4.12. The Bertz CT molecular complexity index is 651. The number of ether oxygens (including phenoxy) is 2. The molecule has 21 heavy (non-hydrogen) atoms. The molecule has 110 valence electrons. The van der Waals surface area contributed by atoms with Gasteiger partial charge in [0.25, 0.3) is 5.89 Å². The largest absolute Gasteiger partial charge is 0.482 e. The summed E-state index contributed by atoms with van der Waals surface area (Å²) >= 11 is 0. The van der Waals surface area contributed by atoms with Gasteiger partial charge in [0, 0.05) is 6.61 Å². The second-order valence-electron chi connectivity index (χ2n) is 4.16. The Morgan fingerprint density at radius 1 is 1.48 bits per heavy atom. The first-order chi connectivity index (χ1) is 10.2. The van der Waals surface area contributed by atoms with Crippen LogP contribution in [-0.4, -0.2) is 16.7 Å². The van der Waals surface area contributed by atoms with E-state index in [2.05, 4.69) is 10.1 Å². The van der Waals surface area contributed by atoms with Gasteiger partial charge in [0.05, 0.1) is 0 Å². The molecule has 1 heterocycles. The van der Waals surface area contributed by atoms with Gasteiger partial charge < -0.3 is 14.0 Å². The fraction of sp³-hybridized carbons (Fsp3) is 0.357. The van der Waals surface area contributed by atoms with Crippen molar-refractivity contribution in [2.45, 2.75) is 26.6 Å². The highest BCUT2D eigenvalue weighted by Gasteiger charge is 2.15. The minimum absolute atomic E-state index is 0.0516. The maximum atomic E-state index is 13.4. The molecule has 7 heteroatoms. The van der Waals surface area contributed by atoms with E-state index >= 15 is 0 Å². The first kappa shape index (κ1) is 14.9. The number of halogens is 1. The van der Waals surface area contributed by atoms with Gasteiger partial charge in [-0.05, 0) is 26.0 Å². The molecule has 6 nitrogen and oxygen atoms in total. The standard InChI is InChI=1S/C14H14FN3O3/c1-3-19-9(2)14-17-13(21-18-14)8-20-12-6-4-5-11(15)10(12)7-16/h4-6,9H,3,8H2,1-2H3/t9-/m1/s1. The molecule has 0 aliphatic heterocycles. The van der Waals surface area contributed by atoms with Gasteiger partial charge in [-0.3, -0.25) is 0 Å². The van der Waals surface area contributed by atoms with Crippen molar-refractivity contribution < 1.29 is 18.4 Å². The van der Waals surface area contributed by atoms with E-state index in [1.54, 1.807) is 13.0 Å². The first-order valence-electron chi connectivity index (χ1n) is 6.41. The topological polar surface area (TPSA) is 81.2 Å². The van der Waals surface area contributed by atoms with E-state index in [4.69, 9.17) is 19.3 Å². The van der Waals surface area contributed by atoms with Gasteiger partial charge in [-0.2, -0.15) is 10.2 Å². The predicted octanol–water partition coefficient (Wildman–Crippen LogP) is 2.76. The predicted molar refractivity (Wildman–Crippen MR) is 69.8 cm³/mol. The Kier molecular flexibility index (Phi) is 4.85. The summed E-state index contributed by atoms with van der Waals surface area (Å²) in [6.45, 7) is 4.16.